The Hall–Kier alpha value is -1.36. The Labute approximate surface area is 138 Å². The third kappa shape index (κ3) is 3.30. The highest BCUT2D eigenvalue weighted by Crippen LogP contribution is 2.33. The first-order valence-electron chi connectivity index (χ1n) is 9.21. The van der Waals surface area contributed by atoms with Gasteiger partial charge in [0.15, 0.2) is 5.69 Å². The maximum atomic E-state index is 13.1. The molecule has 1 aliphatic heterocycles. The van der Waals surface area contributed by atoms with Crippen molar-refractivity contribution in [1.29, 1.82) is 0 Å². The first kappa shape index (κ1) is 15.2. The van der Waals surface area contributed by atoms with Crippen molar-refractivity contribution in [2.24, 2.45) is 11.8 Å². The van der Waals surface area contributed by atoms with Gasteiger partial charge in [0.1, 0.15) is 0 Å². The molecule has 23 heavy (non-hydrogen) atoms. The van der Waals surface area contributed by atoms with E-state index in [-0.39, 0.29) is 5.91 Å². The smallest absolute Gasteiger partial charge is 0.274 e. The standard InChI is InChI=1S/C18H27N3O2/c1-2-8-20(10-13-3-4-13)18(22)17-15-12-23-9-7-16(15)21(19-17)11-14-5-6-14/h13-14H,2-12H2,1H3. The summed E-state index contributed by atoms with van der Waals surface area (Å²) in [6.07, 6.45) is 7.03. The highest BCUT2D eigenvalue weighted by Gasteiger charge is 2.33. The van der Waals surface area contributed by atoms with Crippen molar-refractivity contribution in [2.45, 2.75) is 58.6 Å². The lowest BCUT2D eigenvalue weighted by atomic mass is 10.1. The van der Waals surface area contributed by atoms with Gasteiger partial charge in [-0.2, -0.15) is 5.10 Å². The number of rotatable bonds is 7. The maximum absolute atomic E-state index is 13.1. The third-order valence-electron chi connectivity index (χ3n) is 5.18. The van der Waals surface area contributed by atoms with Crippen LogP contribution in [0, 0.1) is 11.8 Å². The highest BCUT2D eigenvalue weighted by atomic mass is 16.5. The van der Waals surface area contributed by atoms with E-state index < -0.39 is 0 Å². The molecule has 0 aromatic carbocycles. The van der Waals surface area contributed by atoms with Gasteiger partial charge in [-0.1, -0.05) is 6.92 Å². The first-order valence-corrected chi connectivity index (χ1v) is 9.21. The SMILES string of the molecule is CCCN(CC1CC1)C(=O)c1nn(CC2CC2)c2c1COCC2. The number of carbonyl (C=O) groups is 1. The second-order valence-corrected chi connectivity index (χ2v) is 7.40. The van der Waals surface area contributed by atoms with Crippen molar-refractivity contribution in [3.63, 3.8) is 0 Å². The minimum Gasteiger partial charge on any atom is -0.376 e. The van der Waals surface area contributed by atoms with Gasteiger partial charge in [0.05, 0.1) is 13.2 Å². The molecule has 0 radical (unpaired) electrons. The van der Waals surface area contributed by atoms with Crippen molar-refractivity contribution in [1.82, 2.24) is 14.7 Å². The second-order valence-electron chi connectivity index (χ2n) is 7.40. The second kappa shape index (κ2) is 6.27. The molecule has 2 saturated carbocycles. The molecule has 3 aliphatic rings. The molecule has 5 heteroatoms. The summed E-state index contributed by atoms with van der Waals surface area (Å²) in [6, 6.07) is 0. The van der Waals surface area contributed by atoms with Crippen molar-refractivity contribution in [2.75, 3.05) is 19.7 Å². The van der Waals surface area contributed by atoms with Crippen LogP contribution in [0.4, 0.5) is 0 Å². The van der Waals surface area contributed by atoms with Crippen molar-refractivity contribution in [3.05, 3.63) is 17.0 Å². The molecule has 2 aliphatic carbocycles. The topological polar surface area (TPSA) is 47.4 Å². The lowest BCUT2D eigenvalue weighted by Crippen LogP contribution is -2.34. The van der Waals surface area contributed by atoms with E-state index in [1.165, 1.54) is 31.4 Å². The van der Waals surface area contributed by atoms with E-state index in [4.69, 9.17) is 9.84 Å². The summed E-state index contributed by atoms with van der Waals surface area (Å²) in [6.45, 7) is 6.14. The molecule has 1 aromatic heterocycles. The fourth-order valence-electron chi connectivity index (χ4n) is 3.48. The maximum Gasteiger partial charge on any atom is 0.274 e. The average molecular weight is 317 g/mol. The van der Waals surface area contributed by atoms with Crippen LogP contribution in [0.2, 0.25) is 0 Å². The third-order valence-corrected chi connectivity index (χ3v) is 5.18. The summed E-state index contributed by atoms with van der Waals surface area (Å²) in [7, 11) is 0. The summed E-state index contributed by atoms with van der Waals surface area (Å²) in [5.41, 5.74) is 2.96. The number of nitrogens with zero attached hydrogens (tertiary/aromatic N) is 3. The summed E-state index contributed by atoms with van der Waals surface area (Å²) in [5.74, 6) is 1.60. The molecular weight excluding hydrogens is 290 g/mol. The average Bonchev–Trinajstić information content (AvgIpc) is 3.47. The normalized spacial score (nSPS) is 20.4. The Balaban J connectivity index is 1.60. The van der Waals surface area contributed by atoms with Gasteiger partial charge in [0.25, 0.3) is 5.91 Å². The Bertz CT molecular complexity index is 587. The molecule has 0 bridgehead atoms. The van der Waals surface area contributed by atoms with Crippen LogP contribution in [0.15, 0.2) is 0 Å². The number of fused-ring (bicyclic) bond motifs is 1. The monoisotopic (exact) mass is 317 g/mol. The molecule has 126 valence electrons. The van der Waals surface area contributed by atoms with E-state index in [1.807, 2.05) is 4.90 Å². The molecule has 0 atom stereocenters. The minimum absolute atomic E-state index is 0.120. The van der Waals surface area contributed by atoms with E-state index >= 15 is 0 Å². The fourth-order valence-corrected chi connectivity index (χ4v) is 3.48. The molecule has 4 rings (SSSR count). The van der Waals surface area contributed by atoms with Crippen molar-refractivity contribution >= 4 is 5.91 Å². The lowest BCUT2D eigenvalue weighted by Gasteiger charge is -2.22. The van der Waals surface area contributed by atoms with E-state index in [2.05, 4.69) is 11.6 Å². The Morgan fingerprint density at radius 2 is 2.09 bits per heavy atom. The predicted octanol–water partition coefficient (Wildman–Crippen LogP) is 2.63. The van der Waals surface area contributed by atoms with Crippen LogP contribution < -0.4 is 0 Å². The van der Waals surface area contributed by atoms with Crippen LogP contribution in [0.25, 0.3) is 0 Å². The van der Waals surface area contributed by atoms with Crippen LogP contribution >= 0.6 is 0 Å². The van der Waals surface area contributed by atoms with Gasteiger partial charge in [0.2, 0.25) is 0 Å². The first-order chi connectivity index (χ1) is 11.3. The number of ether oxygens (including phenoxy) is 1. The van der Waals surface area contributed by atoms with Gasteiger partial charge < -0.3 is 9.64 Å². The zero-order chi connectivity index (χ0) is 15.8. The number of hydrogen-bond acceptors (Lipinski definition) is 3. The zero-order valence-electron chi connectivity index (χ0n) is 14.1. The Kier molecular flexibility index (Phi) is 4.14. The Morgan fingerprint density at radius 3 is 2.78 bits per heavy atom. The Morgan fingerprint density at radius 1 is 1.30 bits per heavy atom. The van der Waals surface area contributed by atoms with Gasteiger partial charge in [-0.25, -0.2) is 0 Å². The lowest BCUT2D eigenvalue weighted by molar-refractivity contribution is 0.0728. The van der Waals surface area contributed by atoms with E-state index in [0.717, 1.165) is 50.6 Å². The molecule has 1 aromatic rings. The van der Waals surface area contributed by atoms with Crippen molar-refractivity contribution in [3.8, 4) is 0 Å². The van der Waals surface area contributed by atoms with Gasteiger partial charge in [0, 0.05) is 37.3 Å². The molecule has 2 fully saturated rings. The fraction of sp³-hybridized carbons (Fsp3) is 0.778. The van der Waals surface area contributed by atoms with E-state index in [0.29, 0.717) is 18.2 Å². The molecule has 0 unspecified atom stereocenters. The zero-order valence-corrected chi connectivity index (χ0v) is 14.1. The van der Waals surface area contributed by atoms with Gasteiger partial charge in [-0.15, -0.1) is 0 Å². The molecule has 0 saturated heterocycles. The molecule has 5 nitrogen and oxygen atoms in total. The van der Waals surface area contributed by atoms with E-state index in [9.17, 15) is 4.79 Å². The van der Waals surface area contributed by atoms with Gasteiger partial charge in [-0.3, -0.25) is 9.48 Å². The number of amides is 1. The van der Waals surface area contributed by atoms with Gasteiger partial charge in [-0.05, 0) is 43.9 Å². The summed E-state index contributed by atoms with van der Waals surface area (Å²) in [5, 5.41) is 4.75. The molecule has 2 heterocycles. The highest BCUT2D eigenvalue weighted by molar-refractivity contribution is 5.94. The molecule has 1 amide bonds. The number of carbonyl (C=O) groups excluding carboxylic acids is 1. The van der Waals surface area contributed by atoms with Crippen LogP contribution in [-0.4, -0.2) is 40.3 Å². The molecule has 0 spiro atoms. The number of hydrogen-bond donors (Lipinski definition) is 0. The van der Waals surface area contributed by atoms with Crippen LogP contribution in [0.5, 0.6) is 0 Å². The van der Waals surface area contributed by atoms with Crippen molar-refractivity contribution < 1.29 is 9.53 Å². The van der Waals surface area contributed by atoms with Gasteiger partial charge >= 0.3 is 0 Å². The summed E-state index contributed by atoms with van der Waals surface area (Å²) >= 11 is 0. The summed E-state index contributed by atoms with van der Waals surface area (Å²) < 4.78 is 7.74. The van der Waals surface area contributed by atoms with Crippen LogP contribution in [0.3, 0.4) is 0 Å². The minimum atomic E-state index is 0.120. The quantitative estimate of drug-likeness (QED) is 0.777. The summed E-state index contributed by atoms with van der Waals surface area (Å²) in [4.78, 5) is 15.1. The number of aromatic nitrogens is 2. The largest absolute Gasteiger partial charge is 0.376 e. The predicted molar refractivity (Wildman–Crippen MR) is 87.2 cm³/mol. The van der Waals surface area contributed by atoms with Crippen LogP contribution in [-0.2, 0) is 24.3 Å². The van der Waals surface area contributed by atoms with E-state index in [1.54, 1.807) is 0 Å². The molecular formula is C18H27N3O2. The molecule has 0 N–H and O–H groups in total. The van der Waals surface area contributed by atoms with Crippen LogP contribution in [0.1, 0.15) is 60.8 Å².